The molecule has 1 aromatic rings. The van der Waals surface area contributed by atoms with Crippen molar-refractivity contribution >= 4 is 6.09 Å². The first-order valence-corrected chi connectivity index (χ1v) is 9.03. The molecule has 0 saturated carbocycles. The number of allylic oxidation sites excluding steroid dienone is 2. The van der Waals surface area contributed by atoms with Gasteiger partial charge in [-0.05, 0) is 30.2 Å². The molecule has 0 fully saturated rings. The van der Waals surface area contributed by atoms with E-state index in [4.69, 9.17) is 10.5 Å². The maximum atomic E-state index is 13.9. The second-order valence-corrected chi connectivity index (χ2v) is 6.82. The van der Waals surface area contributed by atoms with Crippen molar-refractivity contribution in [3.05, 3.63) is 58.6 Å². The van der Waals surface area contributed by atoms with Crippen molar-refractivity contribution in [2.75, 3.05) is 19.7 Å². The molecule has 8 heteroatoms. The molecule has 1 amide bonds. The summed E-state index contributed by atoms with van der Waals surface area (Å²) in [5, 5.41) is 29.5. The number of nitrogens with zero attached hydrogens (tertiary/aromatic N) is 4. The number of hydrogen-bond acceptors (Lipinski definition) is 6. The van der Waals surface area contributed by atoms with E-state index in [1.54, 1.807) is 19.1 Å². The summed E-state index contributed by atoms with van der Waals surface area (Å²) < 4.78 is 19.0. The third-order valence-corrected chi connectivity index (χ3v) is 5.38. The number of rotatable bonds is 2. The molecule has 2 aliphatic rings. The predicted octanol–water partition coefficient (Wildman–Crippen LogP) is 2.71. The van der Waals surface area contributed by atoms with Crippen LogP contribution in [0.2, 0.25) is 0 Å². The lowest BCUT2D eigenvalue weighted by atomic mass is 9.60. The Balaban J connectivity index is 2.23. The van der Waals surface area contributed by atoms with Gasteiger partial charge < -0.3 is 15.4 Å². The molecule has 1 aromatic carbocycles. The number of halogens is 1. The SMILES string of the molecule is CCOC(=O)N1CC=C2[C@@H](C1)[C@@H](c1cccc(F)c1)C(C#N)=C(N)C2(C#N)C#N. The van der Waals surface area contributed by atoms with E-state index in [9.17, 15) is 25.0 Å². The fourth-order valence-corrected chi connectivity index (χ4v) is 4.08. The van der Waals surface area contributed by atoms with Crippen LogP contribution in [0.3, 0.4) is 0 Å². The molecule has 0 unspecified atom stereocenters. The number of nitriles is 3. The standard InChI is InChI=1S/C21H18FN5O2/c1-2-29-20(28)27-7-6-17-16(10-27)18(13-4-3-5-14(22)8-13)15(9-23)19(26)21(17,11-24)12-25/h3-6,8,16,18H,2,7,10,26H2,1H3/t16-,18+/m1/s1. The van der Waals surface area contributed by atoms with Crippen LogP contribution in [0.5, 0.6) is 0 Å². The van der Waals surface area contributed by atoms with Gasteiger partial charge in [-0.3, -0.25) is 0 Å². The average molecular weight is 391 g/mol. The number of nitrogens with two attached hydrogens (primary N) is 1. The molecule has 0 bridgehead atoms. The van der Waals surface area contributed by atoms with Crippen LogP contribution in [-0.4, -0.2) is 30.7 Å². The third kappa shape index (κ3) is 3.07. The molecule has 29 heavy (non-hydrogen) atoms. The molecule has 0 aromatic heterocycles. The molecular formula is C21H18FN5O2. The van der Waals surface area contributed by atoms with E-state index < -0.39 is 29.2 Å². The first-order valence-electron chi connectivity index (χ1n) is 9.03. The van der Waals surface area contributed by atoms with Crippen molar-refractivity contribution in [3.8, 4) is 18.2 Å². The van der Waals surface area contributed by atoms with Crippen molar-refractivity contribution in [1.82, 2.24) is 4.90 Å². The molecule has 1 heterocycles. The number of ether oxygens (including phenoxy) is 1. The lowest BCUT2D eigenvalue weighted by Gasteiger charge is -2.44. The molecule has 3 rings (SSSR count). The number of benzene rings is 1. The van der Waals surface area contributed by atoms with Gasteiger partial charge >= 0.3 is 6.09 Å². The second kappa shape index (κ2) is 7.66. The summed E-state index contributed by atoms with van der Waals surface area (Å²) in [6.45, 7) is 2.13. The fourth-order valence-electron chi connectivity index (χ4n) is 4.08. The van der Waals surface area contributed by atoms with Gasteiger partial charge in [-0.1, -0.05) is 18.2 Å². The summed E-state index contributed by atoms with van der Waals surface area (Å²) in [4.78, 5) is 13.7. The average Bonchev–Trinajstić information content (AvgIpc) is 2.73. The summed E-state index contributed by atoms with van der Waals surface area (Å²) in [6, 6.07) is 11.7. The topological polar surface area (TPSA) is 127 Å². The summed E-state index contributed by atoms with van der Waals surface area (Å²) in [7, 11) is 0. The van der Waals surface area contributed by atoms with E-state index in [1.165, 1.54) is 23.1 Å². The van der Waals surface area contributed by atoms with Crippen molar-refractivity contribution < 1.29 is 13.9 Å². The van der Waals surface area contributed by atoms with Crippen molar-refractivity contribution in [2.24, 2.45) is 17.1 Å². The maximum Gasteiger partial charge on any atom is 0.410 e. The zero-order chi connectivity index (χ0) is 21.2. The Morgan fingerprint density at radius 3 is 2.69 bits per heavy atom. The first-order chi connectivity index (χ1) is 13.9. The summed E-state index contributed by atoms with van der Waals surface area (Å²) >= 11 is 0. The Labute approximate surface area is 167 Å². The smallest absolute Gasteiger partial charge is 0.410 e. The minimum absolute atomic E-state index is 0.0339. The van der Waals surface area contributed by atoms with E-state index in [0.717, 1.165) is 0 Å². The van der Waals surface area contributed by atoms with Crippen molar-refractivity contribution in [2.45, 2.75) is 12.8 Å². The fraction of sp³-hybridized carbons (Fsp3) is 0.333. The number of carbonyl (C=O) groups excluding carboxylic acids is 1. The van der Waals surface area contributed by atoms with Gasteiger partial charge in [-0.2, -0.15) is 15.8 Å². The Kier molecular flexibility index (Phi) is 5.26. The van der Waals surface area contributed by atoms with Gasteiger partial charge in [0.05, 0.1) is 36.1 Å². The third-order valence-electron chi connectivity index (χ3n) is 5.38. The molecule has 2 N–H and O–H groups in total. The lowest BCUT2D eigenvalue weighted by molar-refractivity contribution is 0.102. The molecule has 1 aliphatic heterocycles. The Morgan fingerprint density at radius 1 is 1.38 bits per heavy atom. The predicted molar refractivity (Wildman–Crippen MR) is 99.8 cm³/mol. The highest BCUT2D eigenvalue weighted by Gasteiger charge is 2.53. The van der Waals surface area contributed by atoms with Gasteiger partial charge in [0.25, 0.3) is 0 Å². The van der Waals surface area contributed by atoms with E-state index in [-0.39, 0.29) is 31.0 Å². The minimum Gasteiger partial charge on any atom is -0.450 e. The molecule has 2 atom stereocenters. The summed E-state index contributed by atoms with van der Waals surface area (Å²) in [5.74, 6) is -1.79. The zero-order valence-corrected chi connectivity index (χ0v) is 15.7. The normalized spacial score (nSPS) is 22.4. The number of fused-ring (bicyclic) bond motifs is 1. The van der Waals surface area contributed by atoms with Crippen LogP contribution < -0.4 is 5.73 Å². The summed E-state index contributed by atoms with van der Waals surface area (Å²) in [6.07, 6.45) is 1.08. The van der Waals surface area contributed by atoms with E-state index in [0.29, 0.717) is 11.1 Å². The van der Waals surface area contributed by atoms with Gasteiger partial charge in [-0.25, -0.2) is 9.18 Å². The van der Waals surface area contributed by atoms with Gasteiger partial charge in [0.15, 0.2) is 0 Å². The monoisotopic (exact) mass is 391 g/mol. The highest BCUT2D eigenvalue weighted by Crippen LogP contribution is 2.52. The van der Waals surface area contributed by atoms with Crippen molar-refractivity contribution in [1.29, 1.82) is 15.8 Å². The zero-order valence-electron chi connectivity index (χ0n) is 15.7. The van der Waals surface area contributed by atoms with E-state index in [1.807, 2.05) is 18.2 Å². The molecule has 7 nitrogen and oxygen atoms in total. The van der Waals surface area contributed by atoms with Crippen LogP contribution in [0.4, 0.5) is 9.18 Å². The first kappa shape index (κ1) is 19.9. The number of carbonyl (C=O) groups is 1. The van der Waals surface area contributed by atoms with Crippen molar-refractivity contribution in [3.63, 3.8) is 0 Å². The molecule has 0 spiro atoms. The summed E-state index contributed by atoms with van der Waals surface area (Å²) in [5.41, 5.74) is 5.17. The molecule has 1 aliphatic carbocycles. The van der Waals surface area contributed by atoms with Crippen LogP contribution in [-0.2, 0) is 4.74 Å². The molecular weight excluding hydrogens is 373 g/mol. The van der Waals surface area contributed by atoms with Gasteiger partial charge in [0, 0.05) is 24.9 Å². The quantitative estimate of drug-likeness (QED) is 0.772. The van der Waals surface area contributed by atoms with Crippen LogP contribution in [0, 0.1) is 51.1 Å². The molecule has 0 saturated heterocycles. The highest BCUT2D eigenvalue weighted by molar-refractivity contribution is 5.69. The van der Waals surface area contributed by atoms with Crippen LogP contribution in [0.1, 0.15) is 18.4 Å². The Morgan fingerprint density at radius 2 is 2.10 bits per heavy atom. The Hall–Kier alpha value is -3.83. The second-order valence-electron chi connectivity index (χ2n) is 6.82. The lowest BCUT2D eigenvalue weighted by Crippen LogP contribution is -2.48. The Bertz CT molecular complexity index is 1030. The van der Waals surface area contributed by atoms with Crippen LogP contribution in [0.15, 0.2) is 47.2 Å². The highest BCUT2D eigenvalue weighted by atomic mass is 19.1. The largest absolute Gasteiger partial charge is 0.450 e. The van der Waals surface area contributed by atoms with Gasteiger partial charge in [0.1, 0.15) is 5.82 Å². The van der Waals surface area contributed by atoms with Gasteiger partial charge in [-0.15, -0.1) is 0 Å². The van der Waals surface area contributed by atoms with E-state index >= 15 is 0 Å². The maximum absolute atomic E-state index is 13.9. The minimum atomic E-state index is -1.81. The number of amides is 1. The van der Waals surface area contributed by atoms with E-state index in [2.05, 4.69) is 0 Å². The molecule has 0 radical (unpaired) electrons. The number of hydrogen-bond donors (Lipinski definition) is 1. The molecule has 146 valence electrons. The van der Waals surface area contributed by atoms with Crippen LogP contribution in [0.25, 0.3) is 0 Å². The van der Waals surface area contributed by atoms with Crippen LogP contribution >= 0.6 is 0 Å². The van der Waals surface area contributed by atoms with Gasteiger partial charge in [0.2, 0.25) is 5.41 Å².